The van der Waals surface area contributed by atoms with Gasteiger partial charge in [0.25, 0.3) is 0 Å². The Hall–Kier alpha value is -2.09. The molecule has 0 heterocycles. The number of carbonyl (C=O) groups excluding carboxylic acids is 2. The van der Waals surface area contributed by atoms with Crippen molar-refractivity contribution in [2.45, 2.75) is 19.5 Å². The number of ether oxygens (including phenoxy) is 1. The third-order valence-corrected chi connectivity index (χ3v) is 2.21. The lowest BCUT2D eigenvalue weighted by molar-refractivity contribution is -0.174. The fourth-order valence-corrected chi connectivity index (χ4v) is 1.45. The fourth-order valence-electron chi connectivity index (χ4n) is 1.45. The predicted octanol–water partition coefficient (Wildman–Crippen LogP) is 2.55. The van der Waals surface area contributed by atoms with Crippen LogP contribution >= 0.6 is 0 Å². The Morgan fingerprint density at radius 2 is 1.81 bits per heavy atom. The summed E-state index contributed by atoms with van der Waals surface area (Å²) in [5, 5.41) is 5.05. The maximum atomic E-state index is 11.8. The van der Waals surface area contributed by atoms with Crippen LogP contribution in [0.5, 0.6) is 0 Å². The highest BCUT2D eigenvalue weighted by Crippen LogP contribution is 2.16. The summed E-state index contributed by atoms with van der Waals surface area (Å²) < 4.78 is 39.8. The number of hydrogen-bond donors (Lipinski definition) is 2. The highest BCUT2D eigenvalue weighted by atomic mass is 19.4. The number of nitrogens with one attached hydrogen (secondary N) is 2. The van der Waals surface area contributed by atoms with Crippen molar-refractivity contribution in [2.24, 2.45) is 0 Å². The second kappa shape index (κ2) is 7.63. The molecule has 2 N–H and O–H groups in total. The minimum atomic E-state index is -4.40. The van der Waals surface area contributed by atoms with E-state index in [0.717, 1.165) is 0 Å². The molecule has 0 aliphatic carbocycles. The number of hydrogen-bond acceptors (Lipinski definition) is 3. The molecule has 0 atom stereocenters. The lowest BCUT2D eigenvalue weighted by Gasteiger charge is -2.09. The van der Waals surface area contributed by atoms with Crippen molar-refractivity contribution in [1.82, 2.24) is 0 Å². The molecular formula is C13H15F3N2O3. The molecule has 0 spiro atoms. The van der Waals surface area contributed by atoms with Crippen LogP contribution in [0.15, 0.2) is 24.3 Å². The molecule has 0 radical (unpaired) electrons. The molecule has 8 heteroatoms. The van der Waals surface area contributed by atoms with E-state index in [1.807, 2.05) is 0 Å². The van der Waals surface area contributed by atoms with Crippen molar-refractivity contribution in [1.29, 1.82) is 0 Å². The molecule has 0 aliphatic heterocycles. The highest BCUT2D eigenvalue weighted by molar-refractivity contribution is 5.93. The Kier molecular flexibility index (Phi) is 6.16. The number of alkyl halides is 3. The zero-order valence-corrected chi connectivity index (χ0v) is 11.3. The lowest BCUT2D eigenvalue weighted by atomic mass is 10.2. The molecule has 0 bridgehead atoms. The van der Waals surface area contributed by atoms with Gasteiger partial charge < -0.3 is 15.4 Å². The summed E-state index contributed by atoms with van der Waals surface area (Å²) in [6, 6.07) is 6.40. The first kappa shape index (κ1) is 17.0. The van der Waals surface area contributed by atoms with E-state index in [9.17, 15) is 22.8 Å². The Morgan fingerprint density at radius 3 is 2.38 bits per heavy atom. The second-order valence-corrected chi connectivity index (χ2v) is 4.23. The number of carbonyl (C=O) groups is 2. The van der Waals surface area contributed by atoms with Gasteiger partial charge in [-0.2, -0.15) is 13.2 Å². The molecular weight excluding hydrogens is 289 g/mol. The number of rotatable bonds is 6. The number of halogens is 3. The molecule has 0 aromatic heterocycles. The quantitative estimate of drug-likeness (QED) is 0.794. The maximum absolute atomic E-state index is 11.8. The van der Waals surface area contributed by atoms with Crippen molar-refractivity contribution in [2.75, 3.05) is 23.8 Å². The Morgan fingerprint density at radius 1 is 1.19 bits per heavy atom. The molecule has 5 nitrogen and oxygen atoms in total. The van der Waals surface area contributed by atoms with Crippen molar-refractivity contribution in [3.05, 3.63) is 24.3 Å². The first-order valence-corrected chi connectivity index (χ1v) is 6.08. The summed E-state index contributed by atoms with van der Waals surface area (Å²) in [7, 11) is 0. The molecule has 1 rings (SSSR count). The summed E-state index contributed by atoms with van der Waals surface area (Å²) in [6.07, 6.45) is -4.59. The minimum Gasteiger partial charge on any atom is -0.372 e. The Balaban J connectivity index is 2.39. The molecule has 116 valence electrons. The number of anilines is 2. The summed E-state index contributed by atoms with van der Waals surface area (Å²) in [5.74, 6) is -0.726. The Labute approximate surface area is 119 Å². The van der Waals surface area contributed by atoms with Crippen LogP contribution in [-0.2, 0) is 14.3 Å². The van der Waals surface area contributed by atoms with E-state index in [4.69, 9.17) is 0 Å². The van der Waals surface area contributed by atoms with E-state index < -0.39 is 18.7 Å². The Bertz CT molecular complexity index is 504. The van der Waals surface area contributed by atoms with E-state index in [1.54, 1.807) is 18.2 Å². The third kappa shape index (κ3) is 7.93. The SMILES string of the molecule is CC(=O)Nc1cccc(NC(=O)CCOCC(F)(F)F)c1. The maximum Gasteiger partial charge on any atom is 0.411 e. The van der Waals surface area contributed by atoms with Crippen LogP contribution in [0.1, 0.15) is 13.3 Å². The molecule has 1 aromatic carbocycles. The van der Waals surface area contributed by atoms with Crippen LogP contribution in [-0.4, -0.2) is 31.2 Å². The smallest absolute Gasteiger partial charge is 0.372 e. The molecule has 1 aromatic rings. The van der Waals surface area contributed by atoms with Gasteiger partial charge in [0.05, 0.1) is 13.0 Å². The molecule has 21 heavy (non-hydrogen) atoms. The summed E-state index contributed by atoms with van der Waals surface area (Å²) >= 11 is 0. The molecule has 0 saturated carbocycles. The average molecular weight is 304 g/mol. The first-order chi connectivity index (χ1) is 9.76. The highest BCUT2D eigenvalue weighted by Gasteiger charge is 2.27. The molecule has 2 amide bonds. The van der Waals surface area contributed by atoms with Crippen LogP contribution in [0, 0.1) is 0 Å². The van der Waals surface area contributed by atoms with Gasteiger partial charge in [-0.15, -0.1) is 0 Å². The van der Waals surface area contributed by atoms with Crippen molar-refractivity contribution in [3.63, 3.8) is 0 Å². The van der Waals surface area contributed by atoms with Gasteiger partial charge in [-0.05, 0) is 18.2 Å². The largest absolute Gasteiger partial charge is 0.411 e. The van der Waals surface area contributed by atoms with E-state index in [0.29, 0.717) is 11.4 Å². The van der Waals surface area contributed by atoms with E-state index >= 15 is 0 Å². The monoisotopic (exact) mass is 304 g/mol. The van der Waals surface area contributed by atoms with Crippen molar-refractivity contribution >= 4 is 23.2 Å². The normalized spacial score (nSPS) is 11.0. The van der Waals surface area contributed by atoms with Crippen molar-refractivity contribution < 1.29 is 27.5 Å². The first-order valence-electron chi connectivity index (χ1n) is 6.08. The fraction of sp³-hybridized carbons (Fsp3) is 0.385. The van der Waals surface area contributed by atoms with Gasteiger partial charge in [0.2, 0.25) is 11.8 Å². The second-order valence-electron chi connectivity index (χ2n) is 4.23. The van der Waals surface area contributed by atoms with Crippen LogP contribution < -0.4 is 10.6 Å². The van der Waals surface area contributed by atoms with E-state index in [2.05, 4.69) is 15.4 Å². The molecule has 0 unspecified atom stereocenters. The van der Waals surface area contributed by atoms with Crippen LogP contribution in [0.3, 0.4) is 0 Å². The number of amides is 2. The standard InChI is InChI=1S/C13H15F3N2O3/c1-9(19)17-10-3-2-4-11(7-10)18-12(20)5-6-21-8-13(14,15)16/h2-4,7H,5-6,8H2,1H3,(H,17,19)(H,18,20). The van der Waals surface area contributed by atoms with E-state index in [1.165, 1.54) is 13.0 Å². The van der Waals surface area contributed by atoms with Crippen LogP contribution in [0.25, 0.3) is 0 Å². The predicted molar refractivity (Wildman–Crippen MR) is 70.9 cm³/mol. The van der Waals surface area contributed by atoms with Gasteiger partial charge in [-0.25, -0.2) is 0 Å². The topological polar surface area (TPSA) is 67.4 Å². The summed E-state index contributed by atoms with van der Waals surface area (Å²) in [6.45, 7) is -0.349. The minimum absolute atomic E-state index is 0.194. The molecule has 0 aliphatic rings. The number of benzene rings is 1. The molecule has 0 fully saturated rings. The van der Waals surface area contributed by atoms with Gasteiger partial charge in [-0.1, -0.05) is 6.07 Å². The van der Waals surface area contributed by atoms with Gasteiger partial charge in [0.1, 0.15) is 6.61 Å². The van der Waals surface area contributed by atoms with Gasteiger partial charge in [0, 0.05) is 18.3 Å². The van der Waals surface area contributed by atoms with Gasteiger partial charge in [0.15, 0.2) is 0 Å². The van der Waals surface area contributed by atoms with Crippen molar-refractivity contribution in [3.8, 4) is 0 Å². The van der Waals surface area contributed by atoms with Crippen LogP contribution in [0.2, 0.25) is 0 Å². The molecule has 0 saturated heterocycles. The lowest BCUT2D eigenvalue weighted by Crippen LogP contribution is -2.20. The third-order valence-electron chi connectivity index (χ3n) is 2.21. The zero-order chi connectivity index (χ0) is 15.9. The van der Waals surface area contributed by atoms with E-state index in [-0.39, 0.29) is 18.9 Å². The average Bonchev–Trinajstić information content (AvgIpc) is 2.33. The van der Waals surface area contributed by atoms with Crippen LogP contribution in [0.4, 0.5) is 24.5 Å². The summed E-state index contributed by atoms with van der Waals surface area (Å²) in [4.78, 5) is 22.4. The van der Waals surface area contributed by atoms with Gasteiger partial charge in [-0.3, -0.25) is 9.59 Å². The summed E-state index contributed by atoms with van der Waals surface area (Å²) in [5.41, 5.74) is 0.940. The van der Waals surface area contributed by atoms with Gasteiger partial charge >= 0.3 is 6.18 Å². The zero-order valence-electron chi connectivity index (χ0n) is 11.3.